The number of piperazine rings is 1. The van der Waals surface area contributed by atoms with Crippen molar-refractivity contribution in [3.8, 4) is 0 Å². The molecule has 4 heteroatoms. The quantitative estimate of drug-likeness (QED) is 0.410. The largest absolute Gasteiger partial charge is 0.480 e. The highest BCUT2D eigenvalue weighted by atomic mass is 16.4. The number of aliphatic carboxylic acids is 1. The van der Waals surface area contributed by atoms with Gasteiger partial charge >= 0.3 is 5.97 Å². The van der Waals surface area contributed by atoms with Crippen LogP contribution in [-0.4, -0.2) is 36.8 Å². The van der Waals surface area contributed by atoms with Crippen molar-refractivity contribution in [3.63, 3.8) is 0 Å². The summed E-state index contributed by atoms with van der Waals surface area (Å²) in [4.78, 5) is 10.3. The molecule has 0 saturated carbocycles. The lowest BCUT2D eigenvalue weighted by molar-refractivity contribution is -0.139. The third-order valence-electron chi connectivity index (χ3n) is 1.34. The number of hydrogen-bond acceptors (Lipinski definition) is 3. The molecule has 1 heterocycles. The Morgan fingerprint density at radius 2 is 2.33 bits per heavy atom. The van der Waals surface area contributed by atoms with Crippen molar-refractivity contribution >= 4 is 5.97 Å². The molecule has 1 atom stereocenters. The van der Waals surface area contributed by atoms with Crippen LogP contribution in [0, 0.1) is 0 Å². The number of hydrogen-bond donors (Lipinski definition) is 3. The first kappa shape index (κ1) is 6.51. The first-order valence-corrected chi connectivity index (χ1v) is 2.97. The van der Waals surface area contributed by atoms with Crippen molar-refractivity contribution in [2.75, 3.05) is 19.6 Å². The lowest BCUT2D eigenvalue weighted by Gasteiger charge is -2.20. The predicted molar refractivity (Wildman–Crippen MR) is 32.3 cm³/mol. The zero-order chi connectivity index (χ0) is 6.69. The lowest BCUT2D eigenvalue weighted by Crippen LogP contribution is -2.52. The third kappa shape index (κ3) is 1.65. The van der Waals surface area contributed by atoms with Gasteiger partial charge in [0.15, 0.2) is 0 Å². The van der Waals surface area contributed by atoms with E-state index in [4.69, 9.17) is 5.11 Å². The number of carbonyl (C=O) groups is 1. The zero-order valence-electron chi connectivity index (χ0n) is 5.05. The van der Waals surface area contributed by atoms with E-state index >= 15 is 0 Å². The highest BCUT2D eigenvalue weighted by Gasteiger charge is 2.18. The molecule has 0 unspecified atom stereocenters. The molecule has 1 aliphatic rings. The van der Waals surface area contributed by atoms with Crippen LogP contribution in [0.4, 0.5) is 0 Å². The van der Waals surface area contributed by atoms with Gasteiger partial charge in [0.05, 0.1) is 0 Å². The Kier molecular flexibility index (Phi) is 2.02. The Labute approximate surface area is 53.2 Å². The fourth-order valence-corrected chi connectivity index (χ4v) is 0.828. The summed E-state index contributed by atoms with van der Waals surface area (Å²) in [5.41, 5.74) is 0. The molecule has 1 fully saturated rings. The SMILES string of the molecule is O=C(O)[C@@H]1CNCCN1. The van der Waals surface area contributed by atoms with Crippen LogP contribution in [-0.2, 0) is 4.79 Å². The first-order valence-electron chi connectivity index (χ1n) is 2.97. The van der Waals surface area contributed by atoms with E-state index in [2.05, 4.69) is 10.6 Å². The molecule has 0 aromatic heterocycles. The molecule has 0 amide bonds. The van der Waals surface area contributed by atoms with Crippen LogP contribution in [0.2, 0.25) is 0 Å². The highest BCUT2D eigenvalue weighted by molar-refractivity contribution is 5.73. The van der Waals surface area contributed by atoms with Gasteiger partial charge in [-0.25, -0.2) is 0 Å². The summed E-state index contributed by atoms with van der Waals surface area (Å²) in [5.74, 6) is -0.776. The Balaban J connectivity index is 2.31. The number of carboxylic acids is 1. The van der Waals surface area contributed by atoms with E-state index in [0.717, 1.165) is 13.1 Å². The van der Waals surface area contributed by atoms with Crippen molar-refractivity contribution in [1.29, 1.82) is 0 Å². The molecule has 0 spiro atoms. The monoisotopic (exact) mass is 130 g/mol. The second kappa shape index (κ2) is 2.80. The standard InChI is InChI=1S/C5H10N2O2/c8-5(9)4-3-6-1-2-7-4/h4,6-7H,1-3H2,(H,8,9)/t4-/m0/s1. The van der Waals surface area contributed by atoms with Crippen LogP contribution in [0.5, 0.6) is 0 Å². The van der Waals surface area contributed by atoms with E-state index in [1.54, 1.807) is 0 Å². The fraction of sp³-hybridized carbons (Fsp3) is 0.800. The van der Waals surface area contributed by atoms with Crippen molar-refractivity contribution in [2.45, 2.75) is 6.04 Å². The molecule has 52 valence electrons. The second-order valence-electron chi connectivity index (χ2n) is 2.05. The molecular weight excluding hydrogens is 120 g/mol. The van der Waals surface area contributed by atoms with E-state index in [1.165, 1.54) is 0 Å². The van der Waals surface area contributed by atoms with E-state index in [0.29, 0.717) is 6.54 Å². The minimum Gasteiger partial charge on any atom is -0.480 e. The molecule has 4 nitrogen and oxygen atoms in total. The minimum absolute atomic E-state index is 0.390. The van der Waals surface area contributed by atoms with Gasteiger partial charge in [0.2, 0.25) is 0 Å². The van der Waals surface area contributed by atoms with Gasteiger partial charge in [-0.15, -0.1) is 0 Å². The Morgan fingerprint density at radius 3 is 2.67 bits per heavy atom. The van der Waals surface area contributed by atoms with E-state index in [1.807, 2.05) is 0 Å². The normalized spacial score (nSPS) is 27.8. The molecule has 0 bridgehead atoms. The molecule has 1 saturated heterocycles. The summed E-state index contributed by atoms with van der Waals surface area (Å²) in [6.45, 7) is 2.15. The highest BCUT2D eigenvalue weighted by Crippen LogP contribution is 1.84. The Hall–Kier alpha value is -0.610. The molecule has 0 aromatic rings. The van der Waals surface area contributed by atoms with Gasteiger partial charge in [-0.3, -0.25) is 4.79 Å². The summed E-state index contributed by atoms with van der Waals surface area (Å²) in [6.07, 6.45) is 0. The Morgan fingerprint density at radius 1 is 1.56 bits per heavy atom. The van der Waals surface area contributed by atoms with E-state index < -0.39 is 12.0 Å². The summed E-state index contributed by atoms with van der Waals surface area (Å²) >= 11 is 0. The number of rotatable bonds is 1. The minimum atomic E-state index is -0.776. The average Bonchev–Trinajstić information content (AvgIpc) is 1.90. The summed E-state index contributed by atoms with van der Waals surface area (Å²) in [7, 11) is 0. The molecular formula is C5H10N2O2. The molecule has 3 N–H and O–H groups in total. The Bertz CT molecular complexity index is 110. The number of carboxylic acid groups (broad SMARTS) is 1. The molecule has 0 aromatic carbocycles. The summed E-state index contributed by atoms with van der Waals surface area (Å²) in [6, 6.07) is -0.390. The van der Waals surface area contributed by atoms with Crippen LogP contribution in [0.25, 0.3) is 0 Å². The zero-order valence-corrected chi connectivity index (χ0v) is 5.05. The second-order valence-corrected chi connectivity index (χ2v) is 2.05. The van der Waals surface area contributed by atoms with Crippen molar-refractivity contribution in [2.24, 2.45) is 0 Å². The smallest absolute Gasteiger partial charge is 0.322 e. The molecule has 0 radical (unpaired) electrons. The maximum atomic E-state index is 10.3. The van der Waals surface area contributed by atoms with E-state index in [-0.39, 0.29) is 0 Å². The molecule has 9 heavy (non-hydrogen) atoms. The maximum absolute atomic E-state index is 10.3. The van der Waals surface area contributed by atoms with Crippen LogP contribution in [0.3, 0.4) is 0 Å². The van der Waals surface area contributed by atoms with Crippen molar-refractivity contribution < 1.29 is 9.90 Å². The molecule has 0 aliphatic carbocycles. The van der Waals surface area contributed by atoms with E-state index in [9.17, 15) is 4.79 Å². The van der Waals surface area contributed by atoms with Gasteiger partial charge in [0.25, 0.3) is 0 Å². The van der Waals surface area contributed by atoms with Crippen LogP contribution in [0.1, 0.15) is 0 Å². The first-order chi connectivity index (χ1) is 4.30. The van der Waals surface area contributed by atoms with Gasteiger partial charge in [-0.2, -0.15) is 0 Å². The molecule has 1 rings (SSSR count). The fourth-order valence-electron chi connectivity index (χ4n) is 0.828. The maximum Gasteiger partial charge on any atom is 0.322 e. The van der Waals surface area contributed by atoms with Gasteiger partial charge in [-0.1, -0.05) is 0 Å². The van der Waals surface area contributed by atoms with Gasteiger partial charge in [-0.05, 0) is 0 Å². The van der Waals surface area contributed by atoms with Gasteiger partial charge < -0.3 is 15.7 Å². The molecule has 1 aliphatic heterocycles. The lowest BCUT2D eigenvalue weighted by atomic mass is 10.2. The van der Waals surface area contributed by atoms with Crippen molar-refractivity contribution in [3.05, 3.63) is 0 Å². The van der Waals surface area contributed by atoms with Crippen LogP contribution >= 0.6 is 0 Å². The van der Waals surface area contributed by atoms with Crippen molar-refractivity contribution in [1.82, 2.24) is 10.6 Å². The van der Waals surface area contributed by atoms with Crippen LogP contribution in [0.15, 0.2) is 0 Å². The third-order valence-corrected chi connectivity index (χ3v) is 1.34. The van der Waals surface area contributed by atoms with Gasteiger partial charge in [0.1, 0.15) is 6.04 Å². The number of nitrogens with one attached hydrogen (secondary N) is 2. The summed E-state index contributed by atoms with van der Waals surface area (Å²) in [5, 5.41) is 14.3. The van der Waals surface area contributed by atoms with Gasteiger partial charge in [0, 0.05) is 19.6 Å². The van der Waals surface area contributed by atoms with Crippen LogP contribution < -0.4 is 10.6 Å². The predicted octanol–water partition coefficient (Wildman–Crippen LogP) is -1.37. The topological polar surface area (TPSA) is 61.4 Å². The summed E-state index contributed by atoms with van der Waals surface area (Å²) < 4.78 is 0. The average molecular weight is 130 g/mol.